The number of rotatable bonds is 12. The molecule has 4 aromatic heterocycles. The molecule has 5 heterocycles. The Bertz CT molecular complexity index is 6360. The SMILES string of the molecule is C.C.C.C.C.C.C.C.C.C.CCc1ccc(-c2ccc(C)s2)cc1.Cc1ccc(-c2ccc(N)cc2)cc1.Cc1ccc(-c2ccccc2)cn1.Cc1ccc(-c2ccccc2)s1.Cc1ccc(-n2cccn2)cc1.Cc1ccc(C#Cc2ccc(C)cc2)cc1.Cc1ccc(C(=O)c2ccccc2)cc1.Cc1ccc(N2CCOCC2)cc1.Cc1ccc(OC(F)(F)F)cc1.Cc1ccc(Oc2ccccc2)cc1. The van der Waals surface area contributed by atoms with Gasteiger partial charge in [0.25, 0.3) is 0 Å². The monoisotopic (exact) mass is 1990 g/mol. The average Bonchev–Trinajstić information content (AvgIpc) is 1.83. The molecule has 0 spiro atoms. The number of hydrogen-bond acceptors (Lipinski definition) is 10. The molecule has 764 valence electrons. The third kappa shape index (κ3) is 48.1. The lowest BCUT2D eigenvalue weighted by atomic mass is 10.0. The number of ketones is 1. The van der Waals surface area contributed by atoms with Gasteiger partial charge in [0.2, 0.25) is 0 Å². The number of pyridine rings is 1. The van der Waals surface area contributed by atoms with Crippen LogP contribution in [0.5, 0.6) is 17.2 Å². The summed E-state index contributed by atoms with van der Waals surface area (Å²) in [6.07, 6.45) is 2.13. The van der Waals surface area contributed by atoms with Crippen molar-refractivity contribution >= 4 is 39.8 Å². The molecule has 0 aliphatic carbocycles. The van der Waals surface area contributed by atoms with Gasteiger partial charge in [0.1, 0.15) is 17.2 Å². The standard InChI is InChI=1S/C16H14.C14H12O.C13H13N.C13H12O.C13H14S.C12H11N.C11H15NO.C11H10S.C10H10N2.C8H7F3O.10CH4/c1-13-3-7-15(8-4-13)11-12-16-9-5-14(2)6-10-16;1-11-7-9-13(10-8-11)14(15)12-5-3-2-4-6-12;1-10-2-4-11(5-3-10)12-6-8-13(14)9-7-12;1-11-7-9-13(10-8-11)14-12-5-3-2-4-6-12;1-3-11-5-7-12(8-6-11)13-9-4-10(2)14-13;1-10-7-8-12(9-13-10)11-5-3-2-4-6-11;1-10-2-4-11(5-3-10)12-6-8-13-9-7-12;1-9-7-8-11(12-9)10-5-3-2-4-6-10;1-9-3-5-10(6-4-9)12-8-2-7-11-12;1-6-2-4-7(5-3-6)12-8(9,10)11;;;;;;;;;;/h3-10H,1-2H3;2-10H,1H3;2-9H,14H2,1H3;2-10H,1H3;4-9H,3H2,1-2H3;2-9H,1H3;2-5H,6-9H2,1H3;2*2-8H,1H3;2-5H,1H3;10*1H4. The topological polar surface area (TPSA) is 105 Å². The molecule has 14 aromatic carbocycles. The number of morpholine rings is 1. The van der Waals surface area contributed by atoms with Gasteiger partial charge in [-0.05, 0) is 249 Å². The minimum Gasteiger partial charge on any atom is -0.457 e. The number of alkyl halides is 3. The summed E-state index contributed by atoms with van der Waals surface area (Å²) < 4.78 is 51.3. The van der Waals surface area contributed by atoms with E-state index >= 15 is 0 Å². The fourth-order valence-electron chi connectivity index (χ4n) is 12.9. The Morgan fingerprint density at radius 3 is 1.09 bits per heavy atom. The van der Waals surface area contributed by atoms with Crippen LogP contribution in [-0.4, -0.2) is 53.2 Å². The van der Waals surface area contributed by atoms with Gasteiger partial charge in [-0.3, -0.25) is 9.78 Å². The van der Waals surface area contributed by atoms with Gasteiger partial charge in [0.15, 0.2) is 5.78 Å². The highest BCUT2D eigenvalue weighted by Crippen LogP contribution is 2.31. The molecule has 0 amide bonds. The van der Waals surface area contributed by atoms with Crippen LogP contribution in [0.1, 0.15) is 174 Å². The Balaban J connectivity index is 0.00000158. The summed E-state index contributed by atoms with van der Waals surface area (Å²) in [5.41, 5.74) is 32.1. The number of anilines is 2. The van der Waals surface area contributed by atoms with E-state index in [1.165, 1.54) is 115 Å². The first-order valence-electron chi connectivity index (χ1n) is 44.9. The van der Waals surface area contributed by atoms with Crippen LogP contribution >= 0.6 is 22.7 Å². The molecule has 19 rings (SSSR count). The van der Waals surface area contributed by atoms with Gasteiger partial charge in [0, 0.05) is 96.1 Å². The third-order valence-electron chi connectivity index (χ3n) is 20.8. The summed E-state index contributed by atoms with van der Waals surface area (Å²) in [5, 5.41) is 4.13. The fraction of sp³-hybridized carbons (Fsp3) is 0.214. The van der Waals surface area contributed by atoms with Crippen LogP contribution in [-0.2, 0) is 11.2 Å². The van der Waals surface area contributed by atoms with Gasteiger partial charge in [-0.15, -0.1) is 35.8 Å². The number of aromatic nitrogens is 3. The van der Waals surface area contributed by atoms with E-state index in [1.807, 2.05) is 223 Å². The molecule has 1 aliphatic rings. The highest BCUT2D eigenvalue weighted by atomic mass is 32.1. The largest absolute Gasteiger partial charge is 0.573 e. The van der Waals surface area contributed by atoms with Gasteiger partial charge >= 0.3 is 6.36 Å². The molecule has 0 radical (unpaired) electrons. The van der Waals surface area contributed by atoms with Gasteiger partial charge in [-0.25, -0.2) is 4.68 Å². The molecule has 1 fully saturated rings. The highest BCUT2D eigenvalue weighted by Gasteiger charge is 2.31. The van der Waals surface area contributed by atoms with Crippen LogP contribution in [0.2, 0.25) is 0 Å². The number of nitrogen functional groups attached to an aromatic ring is 1. The van der Waals surface area contributed by atoms with Gasteiger partial charge in [0.05, 0.1) is 18.9 Å². The predicted octanol–water partition coefficient (Wildman–Crippen LogP) is 38.3. The maximum absolute atomic E-state index is 12.0. The number of benzene rings is 14. The van der Waals surface area contributed by atoms with Crippen molar-refractivity contribution in [3.8, 4) is 77.9 Å². The van der Waals surface area contributed by atoms with Gasteiger partial charge < -0.3 is 24.8 Å². The van der Waals surface area contributed by atoms with Gasteiger partial charge in [-0.2, -0.15) is 5.10 Å². The second-order valence-corrected chi connectivity index (χ2v) is 34.7. The number of para-hydroxylation sites is 1. The second-order valence-electron chi connectivity index (χ2n) is 32.1. The third-order valence-corrected chi connectivity index (χ3v) is 22.9. The van der Waals surface area contributed by atoms with Crippen molar-refractivity contribution in [3.05, 3.63) is 513 Å². The van der Waals surface area contributed by atoms with Crippen LogP contribution in [0, 0.1) is 88.0 Å². The van der Waals surface area contributed by atoms with E-state index in [-0.39, 0.29) is 85.8 Å². The lowest BCUT2D eigenvalue weighted by Crippen LogP contribution is -2.36. The minimum atomic E-state index is -4.60. The average molecular weight is 1990 g/mol. The molecule has 0 bridgehead atoms. The number of ether oxygens (including phenoxy) is 3. The van der Waals surface area contributed by atoms with Gasteiger partial charge in [-0.1, -0.05) is 411 Å². The first-order chi connectivity index (χ1) is 65.3. The Hall–Kier alpha value is -15.0. The van der Waals surface area contributed by atoms with E-state index in [9.17, 15) is 18.0 Å². The molecule has 0 saturated carbocycles. The molecule has 0 unspecified atom stereocenters. The summed E-state index contributed by atoms with van der Waals surface area (Å²) >= 11 is 3.70. The van der Waals surface area contributed by atoms with Crippen molar-refractivity contribution in [1.29, 1.82) is 0 Å². The zero-order valence-corrected chi connectivity index (χ0v) is 80.5. The normalized spacial score (nSPS) is 10.0. The molecular weight excluding hydrogens is 1830 g/mol. The van der Waals surface area contributed by atoms with Crippen molar-refractivity contribution in [3.63, 3.8) is 0 Å². The van der Waals surface area contributed by atoms with E-state index in [0.717, 1.165) is 89.1 Å². The summed E-state index contributed by atoms with van der Waals surface area (Å²) in [4.78, 5) is 24.0. The number of thiophene rings is 2. The second kappa shape index (κ2) is 69.8. The first kappa shape index (κ1) is 130. The van der Waals surface area contributed by atoms with E-state index in [4.69, 9.17) is 15.2 Å². The molecule has 145 heavy (non-hydrogen) atoms. The number of hydrogen-bond donors (Lipinski definition) is 1. The Morgan fingerprint density at radius 2 is 0.697 bits per heavy atom. The van der Waals surface area contributed by atoms with Crippen LogP contribution < -0.4 is 20.1 Å². The lowest BCUT2D eigenvalue weighted by molar-refractivity contribution is -0.274. The predicted molar refractivity (Wildman–Crippen MR) is 629 cm³/mol. The maximum Gasteiger partial charge on any atom is 0.573 e. The highest BCUT2D eigenvalue weighted by molar-refractivity contribution is 7.15. The van der Waals surface area contributed by atoms with E-state index < -0.39 is 6.36 Å². The zero-order chi connectivity index (χ0) is 95.9. The molecule has 1 saturated heterocycles. The smallest absolute Gasteiger partial charge is 0.457 e. The summed E-state index contributed by atoms with van der Waals surface area (Å²) in [7, 11) is 0. The summed E-state index contributed by atoms with van der Waals surface area (Å²) in [6, 6.07) is 135. The Kier molecular flexibility index (Phi) is 62.6. The van der Waals surface area contributed by atoms with Crippen molar-refractivity contribution in [2.75, 3.05) is 36.9 Å². The van der Waals surface area contributed by atoms with Crippen LogP contribution in [0.15, 0.2) is 425 Å². The number of carbonyl (C=O) groups is 1. The zero-order valence-electron chi connectivity index (χ0n) is 78.9. The Morgan fingerprint density at radius 1 is 0.359 bits per heavy atom. The van der Waals surface area contributed by atoms with Crippen molar-refractivity contribution in [2.45, 2.75) is 170 Å². The number of carbonyl (C=O) groups excluding carboxylic acids is 1. The molecule has 9 nitrogen and oxygen atoms in total. The Labute approximate surface area is 878 Å². The molecule has 1 aliphatic heterocycles. The van der Waals surface area contributed by atoms with E-state index in [0.29, 0.717) is 0 Å². The van der Waals surface area contributed by atoms with Crippen molar-refractivity contribution in [2.24, 2.45) is 0 Å². The first-order valence-corrected chi connectivity index (χ1v) is 46.5. The van der Waals surface area contributed by atoms with E-state index in [2.05, 4.69) is 306 Å². The fourth-order valence-corrected chi connectivity index (χ4v) is 14.7. The lowest BCUT2D eigenvalue weighted by Gasteiger charge is -2.28. The van der Waals surface area contributed by atoms with Crippen LogP contribution in [0.4, 0.5) is 24.5 Å². The quantitative estimate of drug-likeness (QED) is 0.0733. The number of nitrogens with zero attached hydrogens (tertiary/aromatic N) is 4. The van der Waals surface area contributed by atoms with Crippen LogP contribution in [0.25, 0.3) is 48.8 Å². The number of aryl methyl sites for hydroxylation is 12. The molecule has 0 atom stereocenters. The molecule has 2 N–H and O–H groups in total. The summed E-state index contributed by atoms with van der Waals surface area (Å²) in [5.74, 6) is 7.96. The molecule has 14 heteroatoms. The van der Waals surface area contributed by atoms with Crippen molar-refractivity contribution < 1.29 is 32.2 Å². The van der Waals surface area contributed by atoms with Crippen LogP contribution in [0.3, 0.4) is 0 Å². The van der Waals surface area contributed by atoms with Crippen molar-refractivity contribution in [1.82, 2.24) is 14.8 Å². The number of nitrogens with two attached hydrogens (primary N) is 1. The minimum absolute atomic E-state index is 0. The maximum atomic E-state index is 12.0. The molecular formula is C131H158F3N5O4S2. The number of halogens is 3. The molecule has 18 aromatic rings. The van der Waals surface area contributed by atoms with E-state index in [1.54, 1.807) is 25.3 Å². The summed E-state index contributed by atoms with van der Waals surface area (Å²) in [6.45, 7) is 28.5.